The number of carbonyl (C=O) groups is 2. The minimum absolute atomic E-state index is 0.0110. The maximum Gasteiger partial charge on any atom is 0.272 e. The van der Waals surface area contributed by atoms with Gasteiger partial charge in [0.1, 0.15) is 0 Å². The third kappa shape index (κ3) is 5.03. The molecule has 1 aromatic heterocycles. The van der Waals surface area contributed by atoms with E-state index >= 15 is 0 Å². The first-order valence-corrected chi connectivity index (χ1v) is 8.61. The zero-order chi connectivity index (χ0) is 18.4. The standard InChI is InChI=1S/C18H27N5O2/c1-12(2)14(19)9-11-23(3)16(24)8-10-20-18(25)17-13-6-4-5-7-15(13)21-22-17/h4-7,12,14H,8-11,19H2,1-3H3,(H,20,25)(H,21,22). The highest BCUT2D eigenvalue weighted by Crippen LogP contribution is 2.14. The van der Waals surface area contributed by atoms with Crippen molar-refractivity contribution in [2.75, 3.05) is 20.1 Å². The number of H-pyrrole nitrogens is 1. The summed E-state index contributed by atoms with van der Waals surface area (Å²) in [5.74, 6) is 0.101. The van der Waals surface area contributed by atoms with Crippen LogP contribution in [0.25, 0.3) is 10.9 Å². The summed E-state index contributed by atoms with van der Waals surface area (Å²) < 4.78 is 0. The number of nitrogens with zero attached hydrogens (tertiary/aromatic N) is 2. The zero-order valence-electron chi connectivity index (χ0n) is 15.1. The van der Waals surface area contributed by atoms with Gasteiger partial charge in [0.2, 0.25) is 5.91 Å². The molecule has 0 radical (unpaired) electrons. The molecular formula is C18H27N5O2. The Hall–Kier alpha value is -2.41. The van der Waals surface area contributed by atoms with Crippen molar-refractivity contribution in [3.8, 4) is 0 Å². The van der Waals surface area contributed by atoms with Crippen molar-refractivity contribution < 1.29 is 9.59 Å². The van der Waals surface area contributed by atoms with E-state index in [0.29, 0.717) is 18.2 Å². The van der Waals surface area contributed by atoms with Gasteiger partial charge >= 0.3 is 0 Å². The van der Waals surface area contributed by atoms with Crippen molar-refractivity contribution in [3.63, 3.8) is 0 Å². The maximum absolute atomic E-state index is 12.2. The first-order valence-electron chi connectivity index (χ1n) is 8.61. The summed E-state index contributed by atoms with van der Waals surface area (Å²) >= 11 is 0. The van der Waals surface area contributed by atoms with Crippen LogP contribution in [0.2, 0.25) is 0 Å². The highest BCUT2D eigenvalue weighted by Gasteiger charge is 2.15. The molecule has 0 aliphatic heterocycles. The van der Waals surface area contributed by atoms with Crippen LogP contribution in [-0.4, -0.2) is 53.1 Å². The van der Waals surface area contributed by atoms with Crippen LogP contribution in [0, 0.1) is 5.92 Å². The third-order valence-electron chi connectivity index (χ3n) is 4.39. The molecule has 7 nitrogen and oxygen atoms in total. The number of benzene rings is 1. The summed E-state index contributed by atoms with van der Waals surface area (Å²) in [6.45, 7) is 5.04. The summed E-state index contributed by atoms with van der Waals surface area (Å²) in [6, 6.07) is 7.52. The zero-order valence-corrected chi connectivity index (χ0v) is 15.1. The number of amides is 2. The van der Waals surface area contributed by atoms with Crippen molar-refractivity contribution in [3.05, 3.63) is 30.0 Å². The van der Waals surface area contributed by atoms with E-state index in [-0.39, 0.29) is 30.8 Å². The van der Waals surface area contributed by atoms with Crippen molar-refractivity contribution >= 4 is 22.7 Å². The number of carbonyl (C=O) groups excluding carboxylic acids is 2. The average molecular weight is 345 g/mol. The first-order chi connectivity index (χ1) is 11.9. The molecule has 0 bridgehead atoms. The van der Waals surface area contributed by atoms with Gasteiger partial charge < -0.3 is 16.0 Å². The van der Waals surface area contributed by atoms with E-state index in [4.69, 9.17) is 5.73 Å². The minimum atomic E-state index is -0.283. The van der Waals surface area contributed by atoms with Crippen molar-refractivity contribution in [1.82, 2.24) is 20.4 Å². The summed E-state index contributed by atoms with van der Waals surface area (Å²) in [4.78, 5) is 26.0. The highest BCUT2D eigenvalue weighted by atomic mass is 16.2. The van der Waals surface area contributed by atoms with Crippen LogP contribution in [0.3, 0.4) is 0 Å². The molecule has 4 N–H and O–H groups in total. The summed E-state index contributed by atoms with van der Waals surface area (Å²) in [5, 5.41) is 10.4. The summed E-state index contributed by atoms with van der Waals surface area (Å²) in [6.07, 6.45) is 1.02. The second-order valence-corrected chi connectivity index (χ2v) is 6.64. The Morgan fingerprint density at radius 1 is 1.32 bits per heavy atom. The van der Waals surface area contributed by atoms with Gasteiger partial charge in [0, 0.05) is 38.0 Å². The smallest absolute Gasteiger partial charge is 0.272 e. The molecule has 136 valence electrons. The molecular weight excluding hydrogens is 318 g/mol. The van der Waals surface area contributed by atoms with Gasteiger partial charge in [0.05, 0.1) is 5.52 Å². The van der Waals surface area contributed by atoms with Crippen molar-refractivity contribution in [2.24, 2.45) is 11.7 Å². The van der Waals surface area contributed by atoms with Crippen LogP contribution in [0.4, 0.5) is 0 Å². The molecule has 1 unspecified atom stereocenters. The van der Waals surface area contributed by atoms with Crippen LogP contribution in [0.1, 0.15) is 37.2 Å². The van der Waals surface area contributed by atoms with Crippen LogP contribution in [0.15, 0.2) is 24.3 Å². The number of aromatic amines is 1. The van der Waals surface area contributed by atoms with Gasteiger partial charge in [-0.25, -0.2) is 0 Å². The Balaban J connectivity index is 1.78. The second-order valence-electron chi connectivity index (χ2n) is 6.64. The van der Waals surface area contributed by atoms with Crippen LogP contribution in [-0.2, 0) is 4.79 Å². The highest BCUT2D eigenvalue weighted by molar-refractivity contribution is 6.04. The molecule has 7 heteroatoms. The lowest BCUT2D eigenvalue weighted by Crippen LogP contribution is -2.36. The Morgan fingerprint density at radius 3 is 2.76 bits per heavy atom. The number of nitrogens with two attached hydrogens (primary N) is 1. The first kappa shape index (κ1) is 18.9. The molecule has 0 fully saturated rings. The topological polar surface area (TPSA) is 104 Å². The molecule has 0 aliphatic carbocycles. The lowest BCUT2D eigenvalue weighted by molar-refractivity contribution is -0.129. The monoisotopic (exact) mass is 345 g/mol. The molecule has 2 amide bonds. The predicted octanol–water partition coefficient (Wildman–Crippen LogP) is 1.51. The third-order valence-corrected chi connectivity index (χ3v) is 4.39. The van der Waals surface area contributed by atoms with E-state index in [1.54, 1.807) is 11.9 Å². The van der Waals surface area contributed by atoms with Gasteiger partial charge in [-0.2, -0.15) is 5.10 Å². The number of hydrogen-bond acceptors (Lipinski definition) is 4. The molecule has 25 heavy (non-hydrogen) atoms. The Kier molecular flexibility index (Phi) is 6.52. The van der Waals surface area contributed by atoms with Gasteiger partial charge in [-0.05, 0) is 18.4 Å². The van der Waals surface area contributed by atoms with Gasteiger partial charge in [-0.15, -0.1) is 0 Å². The van der Waals surface area contributed by atoms with E-state index in [2.05, 4.69) is 29.4 Å². The van der Waals surface area contributed by atoms with E-state index in [1.165, 1.54) is 0 Å². The van der Waals surface area contributed by atoms with Gasteiger partial charge in [-0.3, -0.25) is 14.7 Å². The Morgan fingerprint density at radius 2 is 2.04 bits per heavy atom. The van der Waals surface area contributed by atoms with E-state index in [1.807, 2.05) is 24.3 Å². The lowest BCUT2D eigenvalue weighted by atomic mass is 10.0. The molecule has 1 heterocycles. The average Bonchev–Trinajstić information content (AvgIpc) is 3.03. The molecule has 1 aromatic carbocycles. The lowest BCUT2D eigenvalue weighted by Gasteiger charge is -2.21. The number of nitrogens with one attached hydrogen (secondary N) is 2. The number of para-hydroxylation sites is 1. The van der Waals surface area contributed by atoms with Crippen LogP contribution in [0.5, 0.6) is 0 Å². The normalized spacial score (nSPS) is 12.4. The fourth-order valence-corrected chi connectivity index (χ4v) is 2.49. The van der Waals surface area contributed by atoms with Gasteiger partial charge in [0.25, 0.3) is 5.91 Å². The van der Waals surface area contributed by atoms with Crippen molar-refractivity contribution in [1.29, 1.82) is 0 Å². The maximum atomic E-state index is 12.2. The fraction of sp³-hybridized carbons (Fsp3) is 0.500. The minimum Gasteiger partial charge on any atom is -0.350 e. The Bertz CT molecular complexity index is 725. The molecule has 0 spiro atoms. The largest absolute Gasteiger partial charge is 0.350 e. The number of rotatable bonds is 8. The molecule has 2 aromatic rings. The van der Waals surface area contributed by atoms with Gasteiger partial charge in [0.15, 0.2) is 5.69 Å². The molecule has 0 saturated heterocycles. The molecule has 2 rings (SSSR count). The quantitative estimate of drug-likeness (QED) is 0.674. The number of fused-ring (bicyclic) bond motifs is 1. The van der Waals surface area contributed by atoms with Crippen LogP contribution < -0.4 is 11.1 Å². The van der Waals surface area contributed by atoms with Crippen molar-refractivity contribution in [2.45, 2.75) is 32.7 Å². The van der Waals surface area contributed by atoms with E-state index in [0.717, 1.165) is 17.3 Å². The van der Waals surface area contributed by atoms with Gasteiger partial charge in [-0.1, -0.05) is 32.0 Å². The van der Waals surface area contributed by atoms with Crippen LogP contribution >= 0.6 is 0 Å². The SMILES string of the molecule is CC(C)C(N)CCN(C)C(=O)CCNC(=O)c1n[nH]c2ccccc12. The summed E-state index contributed by atoms with van der Waals surface area (Å²) in [7, 11) is 1.76. The predicted molar refractivity (Wildman–Crippen MR) is 98.1 cm³/mol. The van der Waals surface area contributed by atoms with E-state index < -0.39 is 0 Å². The fourth-order valence-electron chi connectivity index (χ4n) is 2.49. The van der Waals surface area contributed by atoms with E-state index in [9.17, 15) is 9.59 Å². The number of aromatic nitrogens is 2. The second kappa shape index (κ2) is 8.62. The summed E-state index contributed by atoms with van der Waals surface area (Å²) in [5.41, 5.74) is 7.16. The number of hydrogen-bond donors (Lipinski definition) is 3. The molecule has 0 saturated carbocycles. The molecule has 1 atom stereocenters. The molecule has 0 aliphatic rings. The Labute approximate surface area is 147 Å².